The molecule has 0 spiro atoms. The van der Waals surface area contributed by atoms with E-state index in [-0.39, 0.29) is 12.3 Å². The third-order valence-corrected chi connectivity index (χ3v) is 7.06. The Kier molecular flexibility index (Phi) is 9.12. The summed E-state index contributed by atoms with van der Waals surface area (Å²) in [5.74, 6) is -4.37. The van der Waals surface area contributed by atoms with E-state index in [1.807, 2.05) is 37.3 Å². The van der Waals surface area contributed by atoms with E-state index in [1.165, 1.54) is 11.8 Å². The number of unbranched alkanes of at least 4 members (excludes halogenated alkanes) is 1. The highest BCUT2D eigenvalue weighted by atomic mass is 19.3. The highest BCUT2D eigenvalue weighted by molar-refractivity contribution is 5.97. The van der Waals surface area contributed by atoms with E-state index >= 15 is 0 Å². The molecule has 0 aliphatic heterocycles. The predicted molar refractivity (Wildman–Crippen MR) is 140 cm³/mol. The van der Waals surface area contributed by atoms with E-state index < -0.39 is 42.3 Å². The molecule has 1 aliphatic rings. The Morgan fingerprint density at radius 3 is 2.34 bits per heavy atom. The van der Waals surface area contributed by atoms with Crippen molar-refractivity contribution >= 4 is 17.8 Å². The van der Waals surface area contributed by atoms with Gasteiger partial charge in [-0.1, -0.05) is 30.3 Å². The first kappa shape index (κ1) is 29.1. The van der Waals surface area contributed by atoms with Crippen LogP contribution < -0.4 is 10.1 Å². The number of urea groups is 1. The number of nitrogens with one attached hydrogen (secondary N) is 1. The quantitative estimate of drug-likeness (QED) is 0.261. The first-order valence-electron chi connectivity index (χ1n) is 12.9. The second-order valence-electron chi connectivity index (χ2n) is 10.0. The van der Waals surface area contributed by atoms with Crippen LogP contribution in [0.25, 0.3) is 0 Å². The molecule has 206 valence electrons. The smallest absolute Gasteiger partial charge is 0.329 e. The number of carboxylic acid groups (broad SMARTS) is 1. The molecule has 2 aromatic carbocycles. The number of hydrogen-bond acceptors (Lipinski definition) is 4. The number of halogens is 2. The van der Waals surface area contributed by atoms with Crippen LogP contribution in [-0.2, 0) is 11.2 Å². The van der Waals surface area contributed by atoms with E-state index in [9.17, 15) is 28.3 Å². The molecular formula is C29H36F2N2O5. The number of Topliss-reactive ketones (excluding diaryl/α,β-unsaturated/α-hetero) is 1. The Bertz CT molecular complexity index is 1160. The molecule has 2 amide bonds. The topological polar surface area (TPSA) is 95.9 Å². The van der Waals surface area contributed by atoms with Crippen molar-refractivity contribution in [1.29, 1.82) is 0 Å². The molecule has 1 atom stereocenters. The van der Waals surface area contributed by atoms with Gasteiger partial charge in [0.05, 0.1) is 18.2 Å². The molecule has 38 heavy (non-hydrogen) atoms. The lowest BCUT2D eigenvalue weighted by Gasteiger charge is -2.45. The van der Waals surface area contributed by atoms with Gasteiger partial charge in [0, 0.05) is 19.4 Å². The first-order chi connectivity index (χ1) is 17.9. The largest absolute Gasteiger partial charge is 0.493 e. The molecule has 1 unspecified atom stereocenters. The summed E-state index contributed by atoms with van der Waals surface area (Å²) < 4.78 is 33.1. The average molecular weight is 531 g/mol. The number of carbonyl (C=O) groups is 3. The van der Waals surface area contributed by atoms with Gasteiger partial charge in [0.1, 0.15) is 5.75 Å². The van der Waals surface area contributed by atoms with Gasteiger partial charge in [-0.3, -0.25) is 4.79 Å². The Labute approximate surface area is 222 Å². The highest BCUT2D eigenvalue weighted by Crippen LogP contribution is 2.46. The Balaban J connectivity index is 1.87. The summed E-state index contributed by atoms with van der Waals surface area (Å²) in [6.45, 7) is 7.50. The van der Waals surface area contributed by atoms with Crippen LogP contribution in [0.5, 0.6) is 5.75 Å². The maximum Gasteiger partial charge on any atom is 0.329 e. The van der Waals surface area contributed by atoms with Gasteiger partial charge in [0.2, 0.25) is 0 Å². The zero-order chi connectivity index (χ0) is 28.1. The second kappa shape index (κ2) is 11.9. The third kappa shape index (κ3) is 6.68. The third-order valence-electron chi connectivity index (χ3n) is 7.06. The minimum Gasteiger partial charge on any atom is -0.493 e. The SMILES string of the molecule is CCOc1cc(C(C)N(CCCCc2ccccc2)C(=O)NC2(C(=O)O)CC(F)(F)C2)c(C)cc1C(C)=O. The molecule has 7 nitrogen and oxygen atoms in total. The summed E-state index contributed by atoms with van der Waals surface area (Å²) >= 11 is 0. The Hall–Kier alpha value is -3.49. The van der Waals surface area contributed by atoms with Crippen molar-refractivity contribution in [3.05, 3.63) is 64.7 Å². The zero-order valence-corrected chi connectivity index (χ0v) is 22.4. The summed E-state index contributed by atoms with van der Waals surface area (Å²) in [5, 5.41) is 12.1. The molecule has 9 heteroatoms. The minimum absolute atomic E-state index is 0.152. The molecular weight excluding hydrogens is 494 g/mol. The van der Waals surface area contributed by atoms with E-state index in [0.717, 1.165) is 29.5 Å². The predicted octanol–water partition coefficient (Wildman–Crippen LogP) is 5.94. The molecule has 0 radical (unpaired) electrons. The number of nitrogens with zero attached hydrogens (tertiary/aromatic N) is 1. The lowest BCUT2D eigenvalue weighted by Crippen LogP contribution is -2.68. The highest BCUT2D eigenvalue weighted by Gasteiger charge is 2.62. The fourth-order valence-electron chi connectivity index (χ4n) is 5.00. The maximum atomic E-state index is 13.7. The average Bonchev–Trinajstić information content (AvgIpc) is 2.83. The van der Waals surface area contributed by atoms with Gasteiger partial charge in [-0.2, -0.15) is 0 Å². The van der Waals surface area contributed by atoms with Crippen molar-refractivity contribution in [2.45, 2.75) is 77.3 Å². The van der Waals surface area contributed by atoms with Crippen LogP contribution in [0.15, 0.2) is 42.5 Å². The van der Waals surface area contributed by atoms with E-state index in [2.05, 4.69) is 5.32 Å². The summed E-state index contributed by atoms with van der Waals surface area (Å²) in [6, 6.07) is 12.1. The van der Waals surface area contributed by atoms with Gasteiger partial charge >= 0.3 is 12.0 Å². The zero-order valence-electron chi connectivity index (χ0n) is 22.4. The molecule has 3 rings (SSSR count). The Morgan fingerprint density at radius 2 is 1.79 bits per heavy atom. The fraction of sp³-hybridized carbons (Fsp3) is 0.483. The van der Waals surface area contributed by atoms with Crippen LogP contribution in [0.4, 0.5) is 13.6 Å². The number of rotatable bonds is 12. The van der Waals surface area contributed by atoms with Crippen molar-refractivity contribution in [3.8, 4) is 5.75 Å². The number of carboxylic acids is 1. The van der Waals surface area contributed by atoms with Gasteiger partial charge in [-0.15, -0.1) is 0 Å². The molecule has 1 saturated carbocycles. The lowest BCUT2D eigenvalue weighted by atomic mass is 9.73. The molecule has 0 saturated heterocycles. The van der Waals surface area contributed by atoms with Crippen LogP contribution in [0.2, 0.25) is 0 Å². The fourth-order valence-corrected chi connectivity index (χ4v) is 5.00. The molecule has 0 aromatic heterocycles. The van der Waals surface area contributed by atoms with Gasteiger partial charge in [-0.05, 0) is 75.8 Å². The van der Waals surface area contributed by atoms with Crippen molar-refractivity contribution < 1.29 is 33.0 Å². The van der Waals surface area contributed by atoms with Crippen molar-refractivity contribution in [2.75, 3.05) is 13.2 Å². The van der Waals surface area contributed by atoms with Crippen molar-refractivity contribution in [3.63, 3.8) is 0 Å². The van der Waals surface area contributed by atoms with Crippen molar-refractivity contribution in [2.24, 2.45) is 0 Å². The summed E-state index contributed by atoms with van der Waals surface area (Å²) in [7, 11) is 0. The van der Waals surface area contributed by atoms with Gasteiger partial charge < -0.3 is 20.1 Å². The minimum atomic E-state index is -3.14. The van der Waals surface area contributed by atoms with Crippen LogP contribution in [0.3, 0.4) is 0 Å². The number of benzene rings is 2. The number of alkyl halides is 2. The summed E-state index contributed by atoms with van der Waals surface area (Å²) in [4.78, 5) is 39.0. The standard InChI is InChI=1S/C29H36F2N2O5/c1-5-38-25-16-23(19(2)15-24(25)21(4)34)20(3)33(14-10-9-13-22-11-7-6-8-12-22)27(37)32-28(26(35)36)17-29(30,31)18-28/h6-8,11-12,15-16,20H,5,9-10,13-14,17-18H2,1-4H3,(H,32,37)(H,35,36). The number of aliphatic carboxylic acids is 1. The molecule has 0 heterocycles. The number of carbonyl (C=O) groups excluding carboxylic acids is 2. The van der Waals surface area contributed by atoms with Crippen molar-refractivity contribution in [1.82, 2.24) is 10.2 Å². The van der Waals surface area contributed by atoms with Gasteiger partial charge in [-0.25, -0.2) is 18.4 Å². The number of ketones is 1. The van der Waals surface area contributed by atoms with Crippen LogP contribution >= 0.6 is 0 Å². The number of aryl methyl sites for hydroxylation is 2. The summed E-state index contributed by atoms with van der Waals surface area (Å²) in [6.07, 6.45) is 0.300. The number of hydrogen-bond donors (Lipinski definition) is 2. The first-order valence-corrected chi connectivity index (χ1v) is 12.9. The van der Waals surface area contributed by atoms with Crippen LogP contribution in [0, 0.1) is 6.92 Å². The molecule has 2 aromatic rings. The molecule has 0 bridgehead atoms. The second-order valence-corrected chi connectivity index (χ2v) is 10.0. The van der Waals surface area contributed by atoms with Crippen LogP contribution in [0.1, 0.15) is 79.5 Å². The molecule has 2 N–H and O–H groups in total. The van der Waals surface area contributed by atoms with Gasteiger partial charge in [0.25, 0.3) is 5.92 Å². The normalized spacial score (nSPS) is 16.2. The van der Waals surface area contributed by atoms with E-state index in [4.69, 9.17) is 4.74 Å². The number of ether oxygens (including phenoxy) is 1. The maximum absolute atomic E-state index is 13.7. The van der Waals surface area contributed by atoms with E-state index in [0.29, 0.717) is 24.3 Å². The number of amides is 2. The molecule has 1 fully saturated rings. The Morgan fingerprint density at radius 1 is 1.13 bits per heavy atom. The molecule has 1 aliphatic carbocycles. The summed E-state index contributed by atoms with van der Waals surface area (Å²) in [5.41, 5.74) is 1.07. The monoisotopic (exact) mass is 530 g/mol. The van der Waals surface area contributed by atoms with E-state index in [1.54, 1.807) is 26.0 Å². The van der Waals surface area contributed by atoms with Crippen LogP contribution in [-0.4, -0.2) is 52.4 Å². The lowest BCUT2D eigenvalue weighted by molar-refractivity contribution is -0.175. The van der Waals surface area contributed by atoms with Gasteiger partial charge in [0.15, 0.2) is 11.3 Å².